The van der Waals surface area contributed by atoms with Crippen LogP contribution < -0.4 is 19.1 Å². The number of nitrogens with one attached hydrogen (secondary N) is 1. The van der Waals surface area contributed by atoms with Crippen molar-refractivity contribution in [2.24, 2.45) is 0 Å². The van der Waals surface area contributed by atoms with Crippen LogP contribution in [0, 0.1) is 0 Å². The van der Waals surface area contributed by atoms with E-state index in [1.807, 2.05) is 58.0 Å². The summed E-state index contributed by atoms with van der Waals surface area (Å²) in [7, 11) is -3.84. The third kappa shape index (κ3) is 7.13. The van der Waals surface area contributed by atoms with Gasteiger partial charge in [0, 0.05) is 18.2 Å². The van der Waals surface area contributed by atoms with Gasteiger partial charge in [0.25, 0.3) is 0 Å². The maximum Gasteiger partial charge on any atom is 0.244 e. The zero-order valence-corrected chi connectivity index (χ0v) is 22.3. The van der Waals surface area contributed by atoms with Crippen molar-refractivity contribution in [3.05, 3.63) is 54.1 Å². The molecule has 1 heterocycles. The molecular weight excluding hydrogens is 482 g/mol. The molecule has 0 radical (unpaired) electrons. The van der Waals surface area contributed by atoms with E-state index in [9.17, 15) is 18.0 Å². The van der Waals surface area contributed by atoms with Gasteiger partial charge in [-0.05, 0) is 44.9 Å². The third-order valence-electron chi connectivity index (χ3n) is 5.57. The van der Waals surface area contributed by atoms with E-state index in [0.717, 1.165) is 16.1 Å². The fraction of sp³-hybridized carbons (Fsp3) is 0.462. The largest absolute Gasteiger partial charge is 0.486 e. The minimum Gasteiger partial charge on any atom is -0.486 e. The molecule has 0 saturated carbocycles. The fourth-order valence-corrected chi connectivity index (χ4v) is 4.79. The molecule has 36 heavy (non-hydrogen) atoms. The quantitative estimate of drug-likeness (QED) is 0.548. The Morgan fingerprint density at radius 3 is 2.25 bits per heavy atom. The van der Waals surface area contributed by atoms with E-state index in [4.69, 9.17) is 9.47 Å². The van der Waals surface area contributed by atoms with Crippen LogP contribution in [0.4, 0.5) is 5.69 Å². The molecule has 0 saturated heterocycles. The molecule has 2 aromatic rings. The lowest BCUT2D eigenvalue weighted by atomic mass is 10.1. The molecular formula is C26H35N3O6S. The van der Waals surface area contributed by atoms with Crippen LogP contribution in [0.25, 0.3) is 0 Å². The summed E-state index contributed by atoms with van der Waals surface area (Å²) in [6.45, 7) is 7.88. The first-order valence-electron chi connectivity index (χ1n) is 11.9. The minimum absolute atomic E-state index is 0.161. The molecule has 9 nitrogen and oxygen atoms in total. The smallest absolute Gasteiger partial charge is 0.244 e. The zero-order valence-electron chi connectivity index (χ0n) is 21.5. The first-order valence-corrected chi connectivity index (χ1v) is 13.8. The summed E-state index contributed by atoms with van der Waals surface area (Å²) in [5, 5.41) is 2.95. The molecule has 0 aliphatic carbocycles. The number of anilines is 1. The molecule has 196 valence electrons. The zero-order chi connectivity index (χ0) is 26.5. The van der Waals surface area contributed by atoms with Crippen molar-refractivity contribution >= 4 is 27.5 Å². The Hall–Kier alpha value is -3.27. The Kier molecular flexibility index (Phi) is 8.50. The number of carbonyl (C=O) groups excluding carboxylic acids is 2. The summed E-state index contributed by atoms with van der Waals surface area (Å²) in [5.41, 5.74) is 0.621. The molecule has 0 fully saturated rings. The number of amides is 2. The van der Waals surface area contributed by atoms with Gasteiger partial charge in [-0.2, -0.15) is 0 Å². The third-order valence-corrected chi connectivity index (χ3v) is 6.71. The second-order valence-corrected chi connectivity index (χ2v) is 11.7. The number of fused-ring (bicyclic) bond motifs is 1. The lowest BCUT2D eigenvalue weighted by Gasteiger charge is -2.34. The van der Waals surface area contributed by atoms with Crippen LogP contribution in [0.1, 0.15) is 39.7 Å². The van der Waals surface area contributed by atoms with Gasteiger partial charge in [0.15, 0.2) is 11.5 Å². The Morgan fingerprint density at radius 1 is 1.03 bits per heavy atom. The van der Waals surface area contributed by atoms with E-state index >= 15 is 0 Å². The van der Waals surface area contributed by atoms with E-state index in [2.05, 4.69) is 5.32 Å². The summed E-state index contributed by atoms with van der Waals surface area (Å²) in [6.07, 6.45) is 1.41. The second-order valence-electron chi connectivity index (χ2n) is 9.77. The maximum absolute atomic E-state index is 13.7. The van der Waals surface area contributed by atoms with Crippen LogP contribution in [0.2, 0.25) is 0 Å². The van der Waals surface area contributed by atoms with Gasteiger partial charge in [0.2, 0.25) is 21.8 Å². The van der Waals surface area contributed by atoms with E-state index in [0.29, 0.717) is 31.1 Å². The van der Waals surface area contributed by atoms with Gasteiger partial charge in [-0.25, -0.2) is 8.42 Å². The number of hydrogen-bond donors (Lipinski definition) is 1. The number of benzene rings is 2. The average molecular weight is 518 g/mol. The maximum atomic E-state index is 13.7. The van der Waals surface area contributed by atoms with Crippen molar-refractivity contribution in [3.8, 4) is 11.5 Å². The summed E-state index contributed by atoms with van der Waals surface area (Å²) in [4.78, 5) is 28.3. The summed E-state index contributed by atoms with van der Waals surface area (Å²) < 4.78 is 37.7. The Bertz CT molecular complexity index is 1180. The monoisotopic (exact) mass is 517 g/mol. The number of sulfonamides is 1. The van der Waals surface area contributed by atoms with E-state index in [-0.39, 0.29) is 18.1 Å². The second kappa shape index (κ2) is 11.2. The molecule has 0 unspecified atom stereocenters. The van der Waals surface area contributed by atoms with Gasteiger partial charge in [-0.15, -0.1) is 0 Å². The molecule has 1 aliphatic rings. The van der Waals surface area contributed by atoms with Gasteiger partial charge in [0.05, 0.1) is 11.9 Å². The van der Waals surface area contributed by atoms with Crippen molar-refractivity contribution in [3.63, 3.8) is 0 Å². The van der Waals surface area contributed by atoms with E-state index < -0.39 is 34.1 Å². The first kappa shape index (κ1) is 27.3. The molecule has 2 aromatic carbocycles. The van der Waals surface area contributed by atoms with E-state index in [1.165, 1.54) is 4.90 Å². The number of carbonyl (C=O) groups is 2. The van der Waals surface area contributed by atoms with Gasteiger partial charge in [-0.3, -0.25) is 13.9 Å². The molecule has 1 atom stereocenters. The molecule has 0 aromatic heterocycles. The molecule has 1 aliphatic heterocycles. The first-order chi connectivity index (χ1) is 16.9. The van der Waals surface area contributed by atoms with Crippen LogP contribution >= 0.6 is 0 Å². The highest BCUT2D eigenvalue weighted by Crippen LogP contribution is 2.34. The standard InChI is InChI=1S/C26H35N3O6S/c1-6-21(25(31)27-26(2,3)4)28(17-19-10-8-7-9-11-19)24(30)18-29(36(5,32)33)20-12-13-22-23(16-20)35-15-14-34-22/h7-13,16,21H,6,14-15,17-18H2,1-5H3,(H,27,31)/t21-/m0/s1. The lowest BCUT2D eigenvalue weighted by molar-refractivity contribution is -0.141. The number of hydrogen-bond acceptors (Lipinski definition) is 6. The van der Waals surface area contributed by atoms with Crippen LogP contribution in [-0.2, 0) is 26.2 Å². The van der Waals surface area contributed by atoms with Crippen LogP contribution in [0.15, 0.2) is 48.5 Å². The van der Waals surface area contributed by atoms with Crippen molar-refractivity contribution in [1.82, 2.24) is 10.2 Å². The van der Waals surface area contributed by atoms with Gasteiger partial charge in [0.1, 0.15) is 25.8 Å². The predicted octanol–water partition coefficient (Wildman–Crippen LogP) is 2.95. The fourth-order valence-electron chi connectivity index (χ4n) is 3.95. The molecule has 0 bridgehead atoms. The topological polar surface area (TPSA) is 105 Å². The summed E-state index contributed by atoms with van der Waals surface area (Å²) >= 11 is 0. The molecule has 3 rings (SSSR count). The van der Waals surface area contributed by atoms with Crippen molar-refractivity contribution in [2.45, 2.75) is 52.2 Å². The molecule has 2 amide bonds. The number of rotatable bonds is 9. The molecule has 1 N–H and O–H groups in total. The lowest BCUT2D eigenvalue weighted by Crippen LogP contribution is -2.55. The van der Waals surface area contributed by atoms with Gasteiger partial charge < -0.3 is 19.7 Å². The number of nitrogens with zero attached hydrogens (tertiary/aromatic N) is 2. The highest BCUT2D eigenvalue weighted by atomic mass is 32.2. The highest BCUT2D eigenvalue weighted by Gasteiger charge is 2.33. The number of ether oxygens (including phenoxy) is 2. The molecule has 0 spiro atoms. The van der Waals surface area contributed by atoms with Gasteiger partial charge in [-0.1, -0.05) is 37.3 Å². The predicted molar refractivity (Wildman–Crippen MR) is 139 cm³/mol. The SMILES string of the molecule is CC[C@@H](C(=O)NC(C)(C)C)N(Cc1ccccc1)C(=O)CN(c1ccc2c(c1)OCCO2)S(C)(=O)=O. The highest BCUT2D eigenvalue weighted by molar-refractivity contribution is 7.92. The normalized spacial score (nSPS) is 14.0. The van der Waals surface area contributed by atoms with Crippen LogP contribution in [-0.4, -0.2) is 62.7 Å². The Morgan fingerprint density at radius 2 is 1.67 bits per heavy atom. The van der Waals surface area contributed by atoms with Crippen molar-refractivity contribution < 1.29 is 27.5 Å². The molecule has 10 heteroatoms. The van der Waals surface area contributed by atoms with Crippen molar-refractivity contribution in [1.29, 1.82) is 0 Å². The van der Waals surface area contributed by atoms with Gasteiger partial charge >= 0.3 is 0 Å². The summed E-state index contributed by atoms with van der Waals surface area (Å²) in [6, 6.07) is 13.3. The Labute approximate surface area is 213 Å². The summed E-state index contributed by atoms with van der Waals surface area (Å²) in [5.74, 6) is 0.145. The average Bonchev–Trinajstić information content (AvgIpc) is 2.80. The van der Waals surface area contributed by atoms with E-state index in [1.54, 1.807) is 18.2 Å². The Balaban J connectivity index is 1.95. The minimum atomic E-state index is -3.84. The van der Waals surface area contributed by atoms with Crippen LogP contribution in [0.5, 0.6) is 11.5 Å². The van der Waals surface area contributed by atoms with Crippen molar-refractivity contribution in [2.75, 3.05) is 30.3 Å². The van der Waals surface area contributed by atoms with Crippen LogP contribution in [0.3, 0.4) is 0 Å².